The molecule has 0 aromatic heterocycles. The van der Waals surface area contributed by atoms with Gasteiger partial charge in [0.15, 0.2) is 6.04 Å². The van der Waals surface area contributed by atoms with Crippen molar-refractivity contribution in [2.75, 3.05) is 6.54 Å². The van der Waals surface area contributed by atoms with Crippen LogP contribution in [0.25, 0.3) is 4.95 Å². The fraction of sp³-hybridized carbons (Fsp3) is 0.833. The third-order valence-electron chi connectivity index (χ3n) is 1.73. The lowest BCUT2D eigenvalue weighted by molar-refractivity contribution is -0.170. The molecular weight excluding hydrogens is 157 g/mol. The van der Waals surface area contributed by atoms with Crippen LogP contribution in [0.4, 0.5) is 13.2 Å². The van der Waals surface area contributed by atoms with Crippen LogP contribution in [0.5, 0.6) is 0 Å². The maximum Gasteiger partial charge on any atom is 0.415 e. The molecule has 0 saturated carbocycles. The highest BCUT2D eigenvalue weighted by Gasteiger charge is 2.49. The van der Waals surface area contributed by atoms with Crippen molar-refractivity contribution in [2.24, 2.45) is 0 Å². The van der Waals surface area contributed by atoms with Gasteiger partial charge in [-0.15, -0.1) is 0 Å². The Morgan fingerprint density at radius 2 is 2.09 bits per heavy atom. The topological polar surface area (TPSA) is 7.60 Å². The van der Waals surface area contributed by atoms with Crippen LogP contribution >= 0.6 is 0 Å². The van der Waals surface area contributed by atoms with Crippen molar-refractivity contribution in [1.82, 2.24) is 5.01 Å². The van der Waals surface area contributed by atoms with Crippen molar-refractivity contribution in [2.45, 2.75) is 25.1 Å². The van der Waals surface area contributed by atoms with E-state index in [1.165, 1.54) is 0 Å². The van der Waals surface area contributed by atoms with Crippen LogP contribution in [0.15, 0.2) is 0 Å². The van der Waals surface area contributed by atoms with Gasteiger partial charge in [0.2, 0.25) is 0 Å². The van der Waals surface area contributed by atoms with E-state index in [2.05, 4.69) is 4.95 Å². The molecule has 0 N–H and O–H groups in total. The lowest BCUT2D eigenvalue weighted by atomic mass is 10.2. The highest BCUT2D eigenvalue weighted by molar-refractivity contribution is 4.86. The van der Waals surface area contributed by atoms with E-state index >= 15 is 0 Å². The third-order valence-corrected chi connectivity index (χ3v) is 1.73. The molecule has 1 fully saturated rings. The van der Waals surface area contributed by atoms with Crippen LogP contribution in [0, 0.1) is 6.57 Å². The van der Waals surface area contributed by atoms with Gasteiger partial charge in [0.05, 0.1) is 6.54 Å². The maximum atomic E-state index is 12.0. The molecule has 1 aliphatic rings. The van der Waals surface area contributed by atoms with Crippen molar-refractivity contribution in [1.29, 1.82) is 0 Å². The van der Waals surface area contributed by atoms with Crippen molar-refractivity contribution in [3.8, 4) is 0 Å². The molecule has 0 aromatic rings. The maximum absolute atomic E-state index is 12.0. The summed E-state index contributed by atoms with van der Waals surface area (Å²) < 4.78 is 36.0. The van der Waals surface area contributed by atoms with Crippen molar-refractivity contribution in [3.63, 3.8) is 0 Å². The van der Waals surface area contributed by atoms with Crippen molar-refractivity contribution >= 4 is 0 Å². The molecule has 1 atom stereocenters. The average Bonchev–Trinajstić information content (AvgIpc) is 2.31. The first-order chi connectivity index (χ1) is 5.05. The van der Waals surface area contributed by atoms with Crippen LogP contribution in [-0.2, 0) is 0 Å². The molecule has 0 bridgehead atoms. The second kappa shape index (κ2) is 2.61. The molecule has 0 spiro atoms. The molecule has 0 amide bonds. The van der Waals surface area contributed by atoms with E-state index in [1.807, 2.05) is 0 Å². The fourth-order valence-corrected chi connectivity index (χ4v) is 1.20. The quantitative estimate of drug-likeness (QED) is 0.496. The summed E-state index contributed by atoms with van der Waals surface area (Å²) in [7, 11) is 0. The summed E-state index contributed by atoms with van der Waals surface area (Å²) in [6.45, 7) is 6.70. The normalized spacial score (nSPS) is 25.3. The number of halogens is 3. The molecule has 1 rings (SSSR count). The first-order valence-corrected chi connectivity index (χ1v) is 3.26. The van der Waals surface area contributed by atoms with Gasteiger partial charge in [0.1, 0.15) is 0 Å². The van der Waals surface area contributed by atoms with E-state index in [0.717, 1.165) is 5.01 Å². The van der Waals surface area contributed by atoms with Gasteiger partial charge in [0.25, 0.3) is 0 Å². The largest absolute Gasteiger partial charge is 0.415 e. The third kappa shape index (κ3) is 1.56. The zero-order chi connectivity index (χ0) is 8.48. The molecule has 1 aliphatic heterocycles. The molecule has 0 aromatic carbocycles. The van der Waals surface area contributed by atoms with Gasteiger partial charge < -0.3 is 0 Å². The first-order valence-electron chi connectivity index (χ1n) is 3.26. The molecule has 1 saturated heterocycles. The van der Waals surface area contributed by atoms with E-state index in [9.17, 15) is 13.2 Å². The standard InChI is InChI=1S/C6H7F3N2/c1-10-11-4-2-3-5(11)6(7,8)9/h5H,2-4H2. The zero-order valence-corrected chi connectivity index (χ0v) is 5.73. The van der Waals surface area contributed by atoms with Gasteiger partial charge in [0, 0.05) is 0 Å². The van der Waals surface area contributed by atoms with Gasteiger partial charge in [-0.2, -0.15) is 24.7 Å². The number of hydrogen-bond acceptors (Lipinski definition) is 1. The zero-order valence-electron chi connectivity index (χ0n) is 5.73. The number of hydrogen-bond donors (Lipinski definition) is 0. The van der Waals surface area contributed by atoms with E-state index in [1.54, 1.807) is 0 Å². The van der Waals surface area contributed by atoms with Gasteiger partial charge >= 0.3 is 6.18 Å². The molecular formula is C6H7F3N2. The van der Waals surface area contributed by atoms with Crippen LogP contribution in [0.1, 0.15) is 12.8 Å². The summed E-state index contributed by atoms with van der Waals surface area (Å²) in [4.78, 5) is 2.80. The summed E-state index contributed by atoms with van der Waals surface area (Å²) in [6.07, 6.45) is -3.71. The Morgan fingerprint density at radius 1 is 1.45 bits per heavy atom. The smallest absolute Gasteiger partial charge is 0.184 e. The van der Waals surface area contributed by atoms with Crippen LogP contribution in [0.2, 0.25) is 0 Å². The molecule has 0 radical (unpaired) electrons. The van der Waals surface area contributed by atoms with Crippen LogP contribution in [-0.4, -0.2) is 23.8 Å². The first kappa shape index (κ1) is 8.18. The minimum absolute atomic E-state index is 0.0614. The summed E-state index contributed by atoms with van der Waals surface area (Å²) in [5.41, 5.74) is 0. The summed E-state index contributed by atoms with van der Waals surface area (Å²) in [6, 6.07) is -1.53. The fourth-order valence-electron chi connectivity index (χ4n) is 1.20. The molecule has 1 heterocycles. The Labute approximate surface area is 62.4 Å². The molecule has 62 valence electrons. The van der Waals surface area contributed by atoms with Crippen molar-refractivity contribution < 1.29 is 13.2 Å². The van der Waals surface area contributed by atoms with Gasteiger partial charge in [-0.1, -0.05) is 5.01 Å². The van der Waals surface area contributed by atoms with Gasteiger partial charge in [-0.3, -0.25) is 0 Å². The Hall–Kier alpha value is -0.920. The van der Waals surface area contributed by atoms with E-state index in [4.69, 9.17) is 6.57 Å². The highest BCUT2D eigenvalue weighted by Crippen LogP contribution is 2.32. The van der Waals surface area contributed by atoms with E-state index in [0.29, 0.717) is 6.42 Å². The lowest BCUT2D eigenvalue weighted by Crippen LogP contribution is -2.37. The van der Waals surface area contributed by atoms with Crippen LogP contribution < -0.4 is 0 Å². The highest BCUT2D eigenvalue weighted by atomic mass is 19.4. The number of nitrogens with zero attached hydrogens (tertiary/aromatic N) is 2. The van der Waals surface area contributed by atoms with E-state index in [-0.39, 0.29) is 13.0 Å². The summed E-state index contributed by atoms with van der Waals surface area (Å²) in [5, 5.41) is 0.778. The average molecular weight is 164 g/mol. The summed E-state index contributed by atoms with van der Waals surface area (Å²) in [5.74, 6) is 0. The Bertz CT molecular complexity index is 181. The predicted molar refractivity (Wildman–Crippen MR) is 32.4 cm³/mol. The second-order valence-electron chi connectivity index (χ2n) is 2.46. The SMILES string of the molecule is [C-]#[N+]N1CCCC1C(F)(F)F. The molecule has 1 unspecified atom stereocenters. The minimum atomic E-state index is -4.24. The van der Waals surface area contributed by atoms with Gasteiger partial charge in [-0.25, -0.2) is 0 Å². The molecule has 11 heavy (non-hydrogen) atoms. The van der Waals surface area contributed by atoms with E-state index < -0.39 is 12.2 Å². The predicted octanol–water partition coefficient (Wildman–Crippen LogP) is 1.85. The second-order valence-corrected chi connectivity index (χ2v) is 2.46. The Balaban J connectivity index is 2.66. The molecule has 2 nitrogen and oxygen atoms in total. The van der Waals surface area contributed by atoms with Crippen molar-refractivity contribution in [3.05, 3.63) is 11.5 Å². The lowest BCUT2D eigenvalue weighted by Gasteiger charge is -2.16. The number of rotatable bonds is 0. The van der Waals surface area contributed by atoms with Crippen LogP contribution in [0.3, 0.4) is 0 Å². The molecule has 0 aliphatic carbocycles. The number of alkyl halides is 3. The Morgan fingerprint density at radius 3 is 2.45 bits per heavy atom. The van der Waals surface area contributed by atoms with Gasteiger partial charge in [-0.05, 0) is 12.8 Å². The minimum Gasteiger partial charge on any atom is -0.184 e. The monoisotopic (exact) mass is 164 g/mol. The molecule has 5 heteroatoms. The summed E-state index contributed by atoms with van der Waals surface area (Å²) >= 11 is 0. The Kier molecular flexibility index (Phi) is 1.94.